The summed E-state index contributed by atoms with van der Waals surface area (Å²) in [6.07, 6.45) is 1.62. The summed E-state index contributed by atoms with van der Waals surface area (Å²) >= 11 is 2.33. The number of carbonyl (C=O) groups excluding carboxylic acids is 1. The number of hydrogen-bond donors (Lipinski definition) is 2. The number of amides is 1. The van der Waals surface area contributed by atoms with Crippen LogP contribution in [0, 0.1) is 0 Å². The molecule has 0 fully saturated rings. The van der Waals surface area contributed by atoms with Crippen molar-refractivity contribution in [2.45, 2.75) is 25.0 Å². The van der Waals surface area contributed by atoms with Gasteiger partial charge in [-0.2, -0.15) is 0 Å². The first-order valence-electron chi connectivity index (χ1n) is 6.12. The lowest BCUT2D eigenvalue weighted by atomic mass is 10.4. The molecule has 0 radical (unpaired) electrons. The van der Waals surface area contributed by atoms with Gasteiger partial charge in [-0.25, -0.2) is 4.79 Å². The third-order valence-electron chi connectivity index (χ3n) is 2.56. The number of thiophene rings is 1. The normalized spacial score (nSPS) is 10.8. The molecule has 1 amide bonds. The molecule has 2 aromatic heterocycles. The van der Waals surface area contributed by atoms with Gasteiger partial charge in [-0.1, -0.05) is 11.8 Å². The van der Waals surface area contributed by atoms with E-state index >= 15 is 0 Å². The fourth-order valence-electron chi connectivity index (χ4n) is 1.58. The van der Waals surface area contributed by atoms with Crippen molar-refractivity contribution in [2.24, 2.45) is 0 Å². The number of carbonyl (C=O) groups is 2. The van der Waals surface area contributed by atoms with Crippen LogP contribution in [0.15, 0.2) is 22.9 Å². The van der Waals surface area contributed by atoms with Crippen LogP contribution >= 0.6 is 23.1 Å². The number of aromatic nitrogens is 3. The monoisotopic (exact) mass is 326 g/mol. The van der Waals surface area contributed by atoms with Gasteiger partial charge in [-0.3, -0.25) is 4.79 Å². The number of nitrogens with one attached hydrogen (secondary N) is 1. The highest BCUT2D eigenvalue weighted by atomic mass is 32.2. The quantitative estimate of drug-likeness (QED) is 0.791. The van der Waals surface area contributed by atoms with Gasteiger partial charge in [-0.05, 0) is 25.3 Å². The molecule has 0 atom stereocenters. The van der Waals surface area contributed by atoms with Crippen LogP contribution in [-0.2, 0) is 4.79 Å². The van der Waals surface area contributed by atoms with E-state index in [2.05, 4.69) is 15.5 Å². The maximum Gasteiger partial charge on any atom is 0.348 e. The smallest absolute Gasteiger partial charge is 0.348 e. The van der Waals surface area contributed by atoms with Crippen LogP contribution in [0.4, 0.5) is 5.69 Å². The van der Waals surface area contributed by atoms with Crippen molar-refractivity contribution in [3.63, 3.8) is 0 Å². The summed E-state index contributed by atoms with van der Waals surface area (Å²) in [6.45, 7) is 4.00. The van der Waals surface area contributed by atoms with Gasteiger partial charge in [0.15, 0.2) is 5.16 Å². The number of nitrogens with zero attached hydrogens (tertiary/aromatic N) is 3. The Labute approximate surface area is 129 Å². The summed E-state index contributed by atoms with van der Waals surface area (Å²) in [5.74, 6) is -1.19. The molecule has 0 aliphatic rings. The zero-order valence-electron chi connectivity index (χ0n) is 11.4. The predicted octanol–water partition coefficient (Wildman–Crippen LogP) is 2.35. The minimum atomic E-state index is -1.05. The number of thioether (sulfide) groups is 1. The maximum atomic E-state index is 11.9. The molecule has 9 heteroatoms. The molecule has 0 saturated carbocycles. The van der Waals surface area contributed by atoms with Gasteiger partial charge in [0.05, 0.1) is 11.4 Å². The molecule has 0 aromatic carbocycles. The molecular formula is C12H14N4O3S2. The van der Waals surface area contributed by atoms with Gasteiger partial charge in [0, 0.05) is 6.04 Å². The Morgan fingerprint density at radius 1 is 1.52 bits per heavy atom. The Morgan fingerprint density at radius 2 is 2.29 bits per heavy atom. The first kappa shape index (κ1) is 15.5. The van der Waals surface area contributed by atoms with Gasteiger partial charge in [0.1, 0.15) is 11.2 Å². The van der Waals surface area contributed by atoms with Crippen molar-refractivity contribution >= 4 is 40.7 Å². The predicted molar refractivity (Wildman–Crippen MR) is 81.0 cm³/mol. The molecule has 2 N–H and O–H groups in total. The fraction of sp³-hybridized carbons (Fsp3) is 0.333. The fourth-order valence-corrected chi connectivity index (χ4v) is 3.11. The number of aromatic carboxylic acids is 1. The third-order valence-corrected chi connectivity index (χ3v) is 4.42. The molecule has 0 unspecified atom stereocenters. The van der Waals surface area contributed by atoms with Crippen LogP contribution in [0.2, 0.25) is 0 Å². The molecule has 2 aromatic rings. The first-order chi connectivity index (χ1) is 9.99. The Balaban J connectivity index is 1.95. The topological polar surface area (TPSA) is 97.1 Å². The number of hydrogen-bond acceptors (Lipinski definition) is 6. The SMILES string of the molecule is CC(C)n1cnnc1SCC(=O)Nc1ccsc1C(=O)O. The van der Waals surface area contributed by atoms with Crippen molar-refractivity contribution in [3.8, 4) is 0 Å². The van der Waals surface area contributed by atoms with Crippen LogP contribution in [0.1, 0.15) is 29.6 Å². The molecule has 0 aliphatic heterocycles. The summed E-state index contributed by atoms with van der Waals surface area (Å²) in [7, 11) is 0. The second-order valence-electron chi connectivity index (χ2n) is 4.42. The van der Waals surface area contributed by atoms with E-state index in [1.807, 2.05) is 18.4 Å². The zero-order valence-corrected chi connectivity index (χ0v) is 13.1. The van der Waals surface area contributed by atoms with E-state index in [1.54, 1.807) is 17.8 Å². The van der Waals surface area contributed by atoms with E-state index in [1.165, 1.54) is 11.8 Å². The molecule has 21 heavy (non-hydrogen) atoms. The van der Waals surface area contributed by atoms with Gasteiger partial charge >= 0.3 is 5.97 Å². The van der Waals surface area contributed by atoms with Crippen molar-refractivity contribution in [3.05, 3.63) is 22.7 Å². The first-order valence-corrected chi connectivity index (χ1v) is 7.98. The molecule has 0 saturated heterocycles. The molecule has 0 bridgehead atoms. The summed E-state index contributed by atoms with van der Waals surface area (Å²) in [6, 6.07) is 1.79. The van der Waals surface area contributed by atoms with E-state index in [9.17, 15) is 9.59 Å². The van der Waals surface area contributed by atoms with Crippen molar-refractivity contribution in [2.75, 3.05) is 11.1 Å². The Hall–Kier alpha value is -1.87. The molecule has 112 valence electrons. The number of carboxylic acids is 1. The van der Waals surface area contributed by atoms with Crippen molar-refractivity contribution < 1.29 is 14.7 Å². The Bertz CT molecular complexity index is 650. The van der Waals surface area contributed by atoms with Crippen LogP contribution in [0.25, 0.3) is 0 Å². The summed E-state index contributed by atoms with van der Waals surface area (Å²) in [5.41, 5.74) is 0.323. The van der Waals surface area contributed by atoms with Gasteiger partial charge in [0.25, 0.3) is 0 Å². The minimum Gasteiger partial charge on any atom is -0.477 e. The number of anilines is 1. The highest BCUT2D eigenvalue weighted by Crippen LogP contribution is 2.23. The number of carboxylic acid groups (broad SMARTS) is 1. The van der Waals surface area contributed by atoms with Crippen LogP contribution < -0.4 is 5.32 Å². The number of rotatable bonds is 6. The summed E-state index contributed by atoms with van der Waals surface area (Å²) in [4.78, 5) is 23.0. The molecule has 0 aliphatic carbocycles. The Morgan fingerprint density at radius 3 is 2.95 bits per heavy atom. The molecule has 7 nitrogen and oxygen atoms in total. The Kier molecular flexibility index (Phi) is 4.97. The highest BCUT2D eigenvalue weighted by Gasteiger charge is 2.15. The van der Waals surface area contributed by atoms with Crippen LogP contribution in [0.5, 0.6) is 0 Å². The second-order valence-corrected chi connectivity index (χ2v) is 6.28. The standard InChI is InChI=1S/C12H14N4O3S2/c1-7(2)16-6-13-15-12(16)21-5-9(17)14-8-3-4-20-10(8)11(18)19/h3-4,6-7H,5H2,1-2H3,(H,14,17)(H,18,19). The van der Waals surface area contributed by atoms with Crippen LogP contribution in [-0.4, -0.2) is 37.5 Å². The van der Waals surface area contributed by atoms with Crippen molar-refractivity contribution in [1.29, 1.82) is 0 Å². The van der Waals surface area contributed by atoms with Gasteiger partial charge in [-0.15, -0.1) is 21.5 Å². The lowest BCUT2D eigenvalue weighted by Gasteiger charge is -2.09. The third kappa shape index (κ3) is 3.82. The lowest BCUT2D eigenvalue weighted by molar-refractivity contribution is -0.113. The molecule has 2 rings (SSSR count). The second kappa shape index (κ2) is 6.72. The summed E-state index contributed by atoms with van der Waals surface area (Å²) < 4.78 is 1.87. The molecular weight excluding hydrogens is 312 g/mol. The minimum absolute atomic E-state index is 0.124. The average Bonchev–Trinajstić information content (AvgIpc) is 3.04. The van der Waals surface area contributed by atoms with Gasteiger partial charge in [0.2, 0.25) is 5.91 Å². The van der Waals surface area contributed by atoms with E-state index in [0.717, 1.165) is 11.3 Å². The van der Waals surface area contributed by atoms with E-state index in [-0.39, 0.29) is 22.6 Å². The highest BCUT2D eigenvalue weighted by molar-refractivity contribution is 7.99. The largest absolute Gasteiger partial charge is 0.477 e. The van der Waals surface area contributed by atoms with E-state index < -0.39 is 5.97 Å². The van der Waals surface area contributed by atoms with Crippen molar-refractivity contribution in [1.82, 2.24) is 14.8 Å². The lowest BCUT2D eigenvalue weighted by Crippen LogP contribution is -2.16. The average molecular weight is 326 g/mol. The van der Waals surface area contributed by atoms with Gasteiger partial charge < -0.3 is 15.0 Å². The molecule has 0 spiro atoms. The van der Waals surface area contributed by atoms with E-state index in [0.29, 0.717) is 10.8 Å². The van der Waals surface area contributed by atoms with Crippen LogP contribution in [0.3, 0.4) is 0 Å². The maximum absolute atomic E-state index is 11.9. The zero-order chi connectivity index (χ0) is 15.4. The van der Waals surface area contributed by atoms with E-state index in [4.69, 9.17) is 5.11 Å². The molecule has 2 heterocycles. The summed E-state index contributed by atoms with van der Waals surface area (Å²) in [5, 5.41) is 21.6.